The van der Waals surface area contributed by atoms with E-state index in [0.29, 0.717) is 16.7 Å². The number of hydrogen-bond donors (Lipinski definition) is 0. The number of rotatable bonds is 7. The summed E-state index contributed by atoms with van der Waals surface area (Å²) in [6, 6.07) is 15.3. The van der Waals surface area contributed by atoms with Crippen molar-refractivity contribution >= 4 is 16.9 Å². The maximum Gasteiger partial charge on any atom is 1.00 e. The third-order valence-corrected chi connectivity index (χ3v) is 4.46. The summed E-state index contributed by atoms with van der Waals surface area (Å²) in [5, 5.41) is 11.3. The van der Waals surface area contributed by atoms with Gasteiger partial charge < -0.3 is 14.3 Å². The van der Waals surface area contributed by atoms with Crippen LogP contribution in [0.5, 0.6) is 0 Å². The fraction of sp³-hybridized carbons (Fsp3) is 0.273. The van der Waals surface area contributed by atoms with Crippen molar-refractivity contribution in [3.8, 4) is 0 Å². The number of aryl methyl sites for hydroxylation is 2. The van der Waals surface area contributed by atoms with Gasteiger partial charge in [-0.2, -0.15) is 0 Å². The second-order valence-electron chi connectivity index (χ2n) is 6.44. The Labute approximate surface area is 180 Å². The largest absolute Gasteiger partial charge is 1.00 e. The van der Waals surface area contributed by atoms with Crippen molar-refractivity contribution in [2.45, 2.75) is 39.0 Å². The van der Waals surface area contributed by atoms with Gasteiger partial charge in [-0.05, 0) is 42.0 Å². The van der Waals surface area contributed by atoms with Gasteiger partial charge in [-0.3, -0.25) is 4.79 Å². The van der Waals surface area contributed by atoms with E-state index in [4.69, 9.17) is 4.42 Å². The van der Waals surface area contributed by atoms with Gasteiger partial charge in [-0.1, -0.05) is 49.7 Å². The number of aliphatic carboxylic acids is 1. The number of carbonyl (C=O) groups is 1. The van der Waals surface area contributed by atoms with E-state index in [1.54, 1.807) is 6.07 Å². The number of carboxylic acids is 1. The first-order chi connectivity index (χ1) is 12.6. The third kappa shape index (κ3) is 5.32. The molecule has 0 fully saturated rings. The number of benzene rings is 2. The standard InChI is InChI=1S/C22H22O4.Na/c1-2-6-18-16(13-15-7-4-3-5-8-15)9-11-19-20(23)14-17(26-22(18)19)10-12-21(24)25;/h3-5,7-9,11,14H,2,6,10,12-13H2,1H3,(H,24,25);/q;+1/p-1. The molecule has 134 valence electrons. The average Bonchev–Trinajstić information content (AvgIpc) is 2.63. The van der Waals surface area contributed by atoms with Crippen LogP contribution in [0.4, 0.5) is 0 Å². The zero-order valence-corrected chi connectivity index (χ0v) is 17.8. The molecule has 0 amide bonds. The van der Waals surface area contributed by atoms with Gasteiger partial charge in [0.25, 0.3) is 0 Å². The van der Waals surface area contributed by atoms with Crippen LogP contribution in [0, 0.1) is 0 Å². The van der Waals surface area contributed by atoms with Crippen LogP contribution in [0.2, 0.25) is 0 Å². The Morgan fingerprint density at radius 1 is 1.07 bits per heavy atom. The van der Waals surface area contributed by atoms with E-state index in [0.717, 1.165) is 30.4 Å². The van der Waals surface area contributed by atoms with Crippen LogP contribution in [0.1, 0.15) is 42.2 Å². The maximum atomic E-state index is 12.4. The molecule has 0 saturated heterocycles. The second kappa shape index (κ2) is 9.88. The van der Waals surface area contributed by atoms with Crippen molar-refractivity contribution in [2.75, 3.05) is 0 Å². The quantitative estimate of drug-likeness (QED) is 0.549. The van der Waals surface area contributed by atoms with Crippen LogP contribution in [0.3, 0.4) is 0 Å². The van der Waals surface area contributed by atoms with E-state index in [2.05, 4.69) is 19.1 Å². The number of fused-ring (bicyclic) bond motifs is 1. The van der Waals surface area contributed by atoms with E-state index in [-0.39, 0.29) is 47.8 Å². The molecule has 0 N–H and O–H groups in total. The smallest absolute Gasteiger partial charge is 0.550 e. The molecule has 0 bridgehead atoms. The van der Waals surface area contributed by atoms with Crippen molar-refractivity contribution in [3.05, 3.63) is 81.2 Å². The normalized spacial score (nSPS) is 10.6. The molecule has 0 aliphatic rings. The zero-order chi connectivity index (χ0) is 18.5. The Morgan fingerprint density at radius 2 is 1.81 bits per heavy atom. The summed E-state index contributed by atoms with van der Waals surface area (Å²) in [6.07, 6.45) is 2.47. The Morgan fingerprint density at radius 3 is 2.48 bits per heavy atom. The van der Waals surface area contributed by atoms with E-state index in [1.165, 1.54) is 11.6 Å². The molecule has 0 unspecified atom stereocenters. The first-order valence-corrected chi connectivity index (χ1v) is 8.89. The van der Waals surface area contributed by atoms with Gasteiger partial charge in [0.1, 0.15) is 11.3 Å². The van der Waals surface area contributed by atoms with Gasteiger partial charge in [0.2, 0.25) is 0 Å². The number of carboxylic acid groups (broad SMARTS) is 1. The van der Waals surface area contributed by atoms with E-state index >= 15 is 0 Å². The molecule has 0 atom stereocenters. The summed E-state index contributed by atoms with van der Waals surface area (Å²) < 4.78 is 5.96. The molecular weight excluding hydrogens is 351 g/mol. The minimum absolute atomic E-state index is 0. The van der Waals surface area contributed by atoms with Crippen molar-refractivity contribution < 1.29 is 43.9 Å². The molecule has 27 heavy (non-hydrogen) atoms. The first-order valence-electron chi connectivity index (χ1n) is 8.89. The van der Waals surface area contributed by atoms with E-state index in [1.807, 2.05) is 24.3 Å². The Hall–Kier alpha value is -1.88. The predicted molar refractivity (Wildman–Crippen MR) is 99.1 cm³/mol. The summed E-state index contributed by atoms with van der Waals surface area (Å²) in [5.74, 6) is -0.764. The van der Waals surface area contributed by atoms with Crippen LogP contribution in [-0.4, -0.2) is 5.97 Å². The Balaban J connectivity index is 0.00000261. The fourth-order valence-electron chi connectivity index (χ4n) is 3.22. The van der Waals surface area contributed by atoms with Crippen molar-refractivity contribution in [2.24, 2.45) is 0 Å². The minimum atomic E-state index is -1.15. The molecular formula is C22H21NaO4. The Bertz CT molecular complexity index is 977. The molecule has 0 aliphatic carbocycles. The van der Waals surface area contributed by atoms with Crippen LogP contribution in [0.15, 0.2) is 57.7 Å². The Kier molecular flexibility index (Phi) is 7.84. The molecule has 0 aliphatic heterocycles. The van der Waals surface area contributed by atoms with Crippen molar-refractivity contribution in [1.82, 2.24) is 0 Å². The van der Waals surface area contributed by atoms with Crippen molar-refractivity contribution in [3.63, 3.8) is 0 Å². The fourth-order valence-corrected chi connectivity index (χ4v) is 3.22. The predicted octanol–water partition coefficient (Wildman–Crippen LogP) is 0.0228. The summed E-state index contributed by atoms with van der Waals surface area (Å²) in [5.41, 5.74) is 3.80. The van der Waals surface area contributed by atoms with Crippen LogP contribution < -0.4 is 40.1 Å². The monoisotopic (exact) mass is 372 g/mol. The molecule has 4 nitrogen and oxygen atoms in total. The molecule has 1 heterocycles. The van der Waals surface area contributed by atoms with E-state index in [9.17, 15) is 14.7 Å². The van der Waals surface area contributed by atoms with Crippen LogP contribution in [0.25, 0.3) is 11.0 Å². The van der Waals surface area contributed by atoms with Gasteiger partial charge in [0.15, 0.2) is 5.43 Å². The van der Waals surface area contributed by atoms with E-state index < -0.39 is 5.97 Å². The number of hydrogen-bond acceptors (Lipinski definition) is 4. The zero-order valence-electron chi connectivity index (χ0n) is 15.8. The van der Waals surface area contributed by atoms with Crippen molar-refractivity contribution in [1.29, 1.82) is 0 Å². The van der Waals surface area contributed by atoms with Gasteiger partial charge in [-0.15, -0.1) is 0 Å². The van der Waals surface area contributed by atoms with Gasteiger partial charge >= 0.3 is 29.6 Å². The van der Waals surface area contributed by atoms with Crippen LogP contribution >= 0.6 is 0 Å². The molecule has 3 rings (SSSR count). The first kappa shape index (κ1) is 21.4. The van der Waals surface area contributed by atoms with Gasteiger partial charge in [0.05, 0.1) is 5.39 Å². The molecule has 3 aromatic rings. The molecule has 0 saturated carbocycles. The summed E-state index contributed by atoms with van der Waals surface area (Å²) in [7, 11) is 0. The molecule has 0 spiro atoms. The number of carbonyl (C=O) groups excluding carboxylic acids is 1. The maximum absolute atomic E-state index is 12.4. The summed E-state index contributed by atoms with van der Waals surface area (Å²) in [4.78, 5) is 23.2. The second-order valence-corrected chi connectivity index (χ2v) is 6.44. The topological polar surface area (TPSA) is 70.3 Å². The molecule has 0 radical (unpaired) electrons. The molecule has 5 heteroatoms. The SMILES string of the molecule is CCCc1c(Cc2ccccc2)ccc2c(=O)cc(CCC(=O)[O-])oc12.[Na+]. The van der Waals surface area contributed by atoms with Gasteiger partial charge in [-0.25, -0.2) is 0 Å². The third-order valence-electron chi connectivity index (χ3n) is 4.46. The molecule has 2 aromatic carbocycles. The summed E-state index contributed by atoms with van der Waals surface area (Å²) >= 11 is 0. The average molecular weight is 372 g/mol. The van der Waals surface area contributed by atoms with Crippen LogP contribution in [-0.2, 0) is 24.1 Å². The minimum Gasteiger partial charge on any atom is -0.550 e. The molecule has 1 aromatic heterocycles. The van der Waals surface area contributed by atoms with Gasteiger partial charge in [0, 0.05) is 18.5 Å². The summed E-state index contributed by atoms with van der Waals surface area (Å²) in [6.45, 7) is 2.09.